The quantitative estimate of drug-likeness (QED) is 0.772. The molecule has 134 valence electrons. The number of hydrogen-bond donors (Lipinski definition) is 2. The predicted octanol–water partition coefficient (Wildman–Crippen LogP) is 0.980. The number of hydrogen-bond acceptors (Lipinski definition) is 6. The number of anilines is 1. The molecule has 0 aliphatic heterocycles. The summed E-state index contributed by atoms with van der Waals surface area (Å²) in [5.74, 6) is 1.03. The van der Waals surface area contributed by atoms with E-state index >= 15 is 0 Å². The van der Waals surface area contributed by atoms with Crippen molar-refractivity contribution in [3.63, 3.8) is 0 Å². The minimum absolute atomic E-state index is 0.0257. The lowest BCUT2D eigenvalue weighted by molar-refractivity contribution is -0.122. The minimum atomic E-state index is -0.173. The van der Waals surface area contributed by atoms with Crippen LogP contribution in [-0.4, -0.2) is 38.5 Å². The van der Waals surface area contributed by atoms with Crippen LogP contribution in [0.15, 0.2) is 10.7 Å². The van der Waals surface area contributed by atoms with Crippen LogP contribution < -0.4 is 10.6 Å². The van der Waals surface area contributed by atoms with Crippen LogP contribution in [0.3, 0.4) is 0 Å². The fraction of sp³-hybridized carbons (Fsp3) is 0.562. The highest BCUT2D eigenvalue weighted by Gasteiger charge is 2.25. The standard InChI is InChI=1S/C16H22N6O3/c1-10-13(11(2)25-20-10)6-7-17-15(23)9-22-8-14(19-21-22)18-16(24)12-4-3-5-12/h8,12H,3-7,9H2,1-2H3,(H,17,23)(H,18,24). The van der Waals surface area contributed by atoms with E-state index in [1.807, 2.05) is 13.8 Å². The SMILES string of the molecule is Cc1noc(C)c1CCNC(=O)Cn1cc(NC(=O)C2CCC2)nn1. The van der Waals surface area contributed by atoms with Gasteiger partial charge < -0.3 is 15.2 Å². The molecule has 9 nitrogen and oxygen atoms in total. The summed E-state index contributed by atoms with van der Waals surface area (Å²) in [5, 5.41) is 17.2. The van der Waals surface area contributed by atoms with Crippen LogP contribution in [0, 0.1) is 19.8 Å². The molecule has 2 amide bonds. The monoisotopic (exact) mass is 346 g/mol. The van der Waals surface area contributed by atoms with E-state index in [0.29, 0.717) is 18.8 Å². The third-order valence-electron chi connectivity index (χ3n) is 4.45. The van der Waals surface area contributed by atoms with Crippen molar-refractivity contribution in [3.8, 4) is 0 Å². The molecule has 2 N–H and O–H groups in total. The van der Waals surface area contributed by atoms with Crippen LogP contribution in [-0.2, 0) is 22.6 Å². The normalized spacial score (nSPS) is 14.2. The molecule has 0 spiro atoms. The fourth-order valence-electron chi connectivity index (χ4n) is 2.72. The van der Waals surface area contributed by atoms with E-state index in [1.165, 1.54) is 4.68 Å². The van der Waals surface area contributed by atoms with Crippen LogP contribution in [0.2, 0.25) is 0 Å². The summed E-state index contributed by atoms with van der Waals surface area (Å²) in [6, 6.07) is 0. The topological polar surface area (TPSA) is 115 Å². The molecule has 1 aliphatic carbocycles. The molecule has 2 heterocycles. The van der Waals surface area contributed by atoms with E-state index in [-0.39, 0.29) is 24.3 Å². The summed E-state index contributed by atoms with van der Waals surface area (Å²) in [5.41, 5.74) is 1.86. The zero-order chi connectivity index (χ0) is 17.8. The third-order valence-corrected chi connectivity index (χ3v) is 4.45. The van der Waals surface area contributed by atoms with Gasteiger partial charge >= 0.3 is 0 Å². The first-order valence-electron chi connectivity index (χ1n) is 8.42. The van der Waals surface area contributed by atoms with Crippen molar-refractivity contribution in [2.45, 2.75) is 46.1 Å². The molecule has 0 atom stereocenters. The van der Waals surface area contributed by atoms with Gasteiger partial charge in [-0.25, -0.2) is 4.68 Å². The van der Waals surface area contributed by atoms with E-state index < -0.39 is 0 Å². The summed E-state index contributed by atoms with van der Waals surface area (Å²) >= 11 is 0. The van der Waals surface area contributed by atoms with Gasteiger partial charge in [0.25, 0.3) is 0 Å². The Bertz CT molecular complexity index is 742. The number of aromatic nitrogens is 4. The second-order valence-corrected chi connectivity index (χ2v) is 6.32. The zero-order valence-corrected chi connectivity index (χ0v) is 14.4. The maximum absolute atomic E-state index is 12.0. The summed E-state index contributed by atoms with van der Waals surface area (Å²) in [4.78, 5) is 23.8. The van der Waals surface area contributed by atoms with Crippen LogP contribution in [0.25, 0.3) is 0 Å². The lowest BCUT2D eigenvalue weighted by atomic mass is 9.85. The number of rotatable bonds is 7. The van der Waals surface area contributed by atoms with Gasteiger partial charge in [-0.3, -0.25) is 9.59 Å². The van der Waals surface area contributed by atoms with Crippen molar-refractivity contribution in [2.24, 2.45) is 5.92 Å². The van der Waals surface area contributed by atoms with E-state index in [0.717, 1.165) is 36.3 Å². The Hall–Kier alpha value is -2.71. The van der Waals surface area contributed by atoms with Gasteiger partial charge in [0.2, 0.25) is 11.8 Å². The molecule has 1 saturated carbocycles. The molecule has 1 aliphatic rings. The fourth-order valence-corrected chi connectivity index (χ4v) is 2.72. The highest BCUT2D eigenvalue weighted by Crippen LogP contribution is 2.27. The lowest BCUT2D eigenvalue weighted by Gasteiger charge is -2.23. The van der Waals surface area contributed by atoms with Gasteiger partial charge in [0.15, 0.2) is 5.82 Å². The van der Waals surface area contributed by atoms with Gasteiger partial charge in [0.05, 0.1) is 11.9 Å². The number of aryl methyl sites for hydroxylation is 2. The maximum atomic E-state index is 12.0. The average molecular weight is 346 g/mol. The molecule has 0 saturated heterocycles. The largest absolute Gasteiger partial charge is 0.361 e. The van der Waals surface area contributed by atoms with E-state index in [4.69, 9.17) is 4.52 Å². The number of carbonyl (C=O) groups excluding carboxylic acids is 2. The molecular weight excluding hydrogens is 324 g/mol. The van der Waals surface area contributed by atoms with Crippen LogP contribution >= 0.6 is 0 Å². The Morgan fingerprint density at radius 3 is 2.80 bits per heavy atom. The average Bonchev–Trinajstić information content (AvgIpc) is 3.06. The van der Waals surface area contributed by atoms with Crippen molar-refractivity contribution in [2.75, 3.05) is 11.9 Å². The highest BCUT2D eigenvalue weighted by atomic mass is 16.5. The smallest absolute Gasteiger partial charge is 0.241 e. The van der Waals surface area contributed by atoms with Crippen molar-refractivity contribution in [1.29, 1.82) is 0 Å². The predicted molar refractivity (Wildman–Crippen MR) is 88.7 cm³/mol. The first-order valence-corrected chi connectivity index (χ1v) is 8.42. The molecule has 0 unspecified atom stereocenters. The molecule has 2 aromatic heterocycles. The number of nitrogens with one attached hydrogen (secondary N) is 2. The molecular formula is C16H22N6O3. The number of nitrogens with zero attached hydrogens (tertiary/aromatic N) is 4. The Morgan fingerprint density at radius 2 is 2.16 bits per heavy atom. The van der Waals surface area contributed by atoms with Crippen LogP contribution in [0.4, 0.5) is 5.82 Å². The summed E-state index contributed by atoms with van der Waals surface area (Å²) < 4.78 is 6.50. The Balaban J connectivity index is 1.42. The third kappa shape index (κ3) is 4.23. The maximum Gasteiger partial charge on any atom is 0.241 e. The van der Waals surface area contributed by atoms with Gasteiger partial charge in [-0.15, -0.1) is 5.10 Å². The Morgan fingerprint density at radius 1 is 1.36 bits per heavy atom. The Labute approximate surface area is 145 Å². The van der Waals surface area contributed by atoms with Crippen molar-refractivity contribution < 1.29 is 14.1 Å². The molecule has 0 bridgehead atoms. The Kier molecular flexibility index (Phi) is 5.11. The number of carbonyl (C=O) groups is 2. The minimum Gasteiger partial charge on any atom is -0.361 e. The summed E-state index contributed by atoms with van der Waals surface area (Å²) in [7, 11) is 0. The van der Waals surface area contributed by atoms with Gasteiger partial charge in [0, 0.05) is 18.0 Å². The van der Waals surface area contributed by atoms with Gasteiger partial charge in [-0.2, -0.15) is 0 Å². The first-order chi connectivity index (χ1) is 12.0. The molecule has 25 heavy (non-hydrogen) atoms. The van der Waals surface area contributed by atoms with Crippen molar-refractivity contribution in [3.05, 3.63) is 23.2 Å². The van der Waals surface area contributed by atoms with E-state index in [1.54, 1.807) is 6.20 Å². The summed E-state index contributed by atoms with van der Waals surface area (Å²) in [6.45, 7) is 4.27. The molecule has 1 fully saturated rings. The molecule has 3 rings (SSSR count). The van der Waals surface area contributed by atoms with Crippen molar-refractivity contribution in [1.82, 2.24) is 25.5 Å². The highest BCUT2D eigenvalue weighted by molar-refractivity contribution is 5.92. The van der Waals surface area contributed by atoms with E-state index in [9.17, 15) is 9.59 Å². The number of amides is 2. The lowest BCUT2D eigenvalue weighted by Crippen LogP contribution is -2.29. The second kappa shape index (κ2) is 7.45. The molecule has 9 heteroatoms. The van der Waals surface area contributed by atoms with Gasteiger partial charge in [-0.05, 0) is 33.1 Å². The molecule has 0 aromatic carbocycles. The van der Waals surface area contributed by atoms with Gasteiger partial charge in [0.1, 0.15) is 12.3 Å². The molecule has 0 radical (unpaired) electrons. The van der Waals surface area contributed by atoms with Crippen LogP contribution in [0.5, 0.6) is 0 Å². The van der Waals surface area contributed by atoms with Crippen molar-refractivity contribution >= 4 is 17.6 Å². The second-order valence-electron chi connectivity index (χ2n) is 6.32. The van der Waals surface area contributed by atoms with E-state index in [2.05, 4.69) is 26.1 Å². The summed E-state index contributed by atoms with van der Waals surface area (Å²) in [6.07, 6.45) is 5.16. The van der Waals surface area contributed by atoms with Crippen LogP contribution in [0.1, 0.15) is 36.3 Å². The first kappa shape index (κ1) is 17.1. The molecule has 2 aromatic rings. The van der Waals surface area contributed by atoms with Gasteiger partial charge in [-0.1, -0.05) is 16.8 Å². The zero-order valence-electron chi connectivity index (χ0n) is 14.4.